The van der Waals surface area contributed by atoms with Crippen LogP contribution >= 0.6 is 11.6 Å². The van der Waals surface area contributed by atoms with Gasteiger partial charge in [-0.05, 0) is 50.2 Å². The van der Waals surface area contributed by atoms with Crippen LogP contribution in [0.1, 0.15) is 64.4 Å². The van der Waals surface area contributed by atoms with Gasteiger partial charge in [0.1, 0.15) is 0 Å². The summed E-state index contributed by atoms with van der Waals surface area (Å²) < 4.78 is 0. The fourth-order valence-electron chi connectivity index (χ4n) is 3.70. The van der Waals surface area contributed by atoms with Crippen LogP contribution in [0.4, 0.5) is 0 Å². The van der Waals surface area contributed by atoms with E-state index in [4.69, 9.17) is 11.6 Å². The normalized spacial score (nSPS) is 24.5. The fraction of sp³-hybridized carbons (Fsp3) is 0.684. The van der Waals surface area contributed by atoms with Crippen LogP contribution in [0, 0.1) is 5.92 Å². The molecule has 21 heavy (non-hydrogen) atoms. The topological polar surface area (TPSA) is 12.0 Å². The van der Waals surface area contributed by atoms with Gasteiger partial charge >= 0.3 is 0 Å². The van der Waals surface area contributed by atoms with Crippen LogP contribution in [-0.4, -0.2) is 12.1 Å². The largest absolute Gasteiger partial charge is 0.311 e. The predicted octanol–water partition coefficient (Wildman–Crippen LogP) is 5.61. The molecule has 0 saturated heterocycles. The summed E-state index contributed by atoms with van der Waals surface area (Å²) in [6.45, 7) is 4.60. The third-order valence-corrected chi connectivity index (χ3v) is 5.16. The average molecular weight is 308 g/mol. The van der Waals surface area contributed by atoms with Gasteiger partial charge in [-0.25, -0.2) is 0 Å². The van der Waals surface area contributed by atoms with Crippen molar-refractivity contribution in [3.8, 4) is 0 Å². The second kappa shape index (κ2) is 8.80. The van der Waals surface area contributed by atoms with Gasteiger partial charge in [0.2, 0.25) is 0 Å². The molecule has 118 valence electrons. The zero-order valence-corrected chi connectivity index (χ0v) is 14.3. The van der Waals surface area contributed by atoms with Gasteiger partial charge in [0, 0.05) is 17.1 Å². The summed E-state index contributed by atoms with van der Waals surface area (Å²) in [5, 5.41) is 4.74. The maximum Gasteiger partial charge on any atom is 0.0438 e. The van der Waals surface area contributed by atoms with Crippen LogP contribution in [0.5, 0.6) is 0 Å². The van der Waals surface area contributed by atoms with Crippen molar-refractivity contribution in [3.05, 3.63) is 34.9 Å². The van der Waals surface area contributed by atoms with Crippen molar-refractivity contribution >= 4 is 11.6 Å². The minimum absolute atomic E-state index is 0.498. The van der Waals surface area contributed by atoms with Crippen LogP contribution in [0.2, 0.25) is 5.02 Å². The highest BCUT2D eigenvalue weighted by atomic mass is 35.5. The lowest BCUT2D eigenvalue weighted by Gasteiger charge is -2.22. The summed E-state index contributed by atoms with van der Waals surface area (Å²) in [5.74, 6) is 0.973. The van der Waals surface area contributed by atoms with Crippen LogP contribution in [0.3, 0.4) is 0 Å². The smallest absolute Gasteiger partial charge is 0.0438 e. The quantitative estimate of drug-likeness (QED) is 0.674. The zero-order chi connectivity index (χ0) is 15.1. The first-order valence-corrected chi connectivity index (χ1v) is 9.06. The third kappa shape index (κ3) is 5.64. The molecule has 0 spiro atoms. The van der Waals surface area contributed by atoms with Crippen molar-refractivity contribution in [2.45, 2.75) is 77.3 Å². The molecule has 1 aromatic rings. The van der Waals surface area contributed by atoms with Crippen LogP contribution < -0.4 is 5.32 Å². The number of hydrogen-bond donors (Lipinski definition) is 1. The third-order valence-electron chi connectivity index (χ3n) is 4.79. The highest BCUT2D eigenvalue weighted by Crippen LogP contribution is 2.27. The summed E-state index contributed by atoms with van der Waals surface area (Å²) in [4.78, 5) is 0. The first-order valence-electron chi connectivity index (χ1n) is 8.68. The van der Waals surface area contributed by atoms with E-state index >= 15 is 0 Å². The summed E-state index contributed by atoms with van der Waals surface area (Å²) >= 11 is 6.26. The monoisotopic (exact) mass is 307 g/mol. The van der Waals surface area contributed by atoms with E-state index in [1.807, 2.05) is 12.1 Å². The summed E-state index contributed by atoms with van der Waals surface area (Å²) in [5.41, 5.74) is 1.26. The first-order chi connectivity index (χ1) is 10.2. The van der Waals surface area contributed by atoms with E-state index in [0.717, 1.165) is 17.4 Å². The summed E-state index contributed by atoms with van der Waals surface area (Å²) in [7, 11) is 0. The van der Waals surface area contributed by atoms with E-state index in [9.17, 15) is 0 Å². The van der Waals surface area contributed by atoms with E-state index in [-0.39, 0.29) is 0 Å². The molecule has 1 fully saturated rings. The van der Waals surface area contributed by atoms with E-state index in [2.05, 4.69) is 31.3 Å². The minimum atomic E-state index is 0.498. The van der Waals surface area contributed by atoms with Crippen molar-refractivity contribution in [2.24, 2.45) is 5.92 Å². The number of hydrogen-bond acceptors (Lipinski definition) is 1. The molecule has 0 aliphatic heterocycles. The zero-order valence-electron chi connectivity index (χ0n) is 13.6. The van der Waals surface area contributed by atoms with Crippen molar-refractivity contribution in [1.82, 2.24) is 5.32 Å². The molecule has 3 unspecified atom stereocenters. The molecule has 0 bridgehead atoms. The fourth-order valence-corrected chi connectivity index (χ4v) is 3.91. The molecule has 0 amide bonds. The first kappa shape index (κ1) is 16.8. The Balaban J connectivity index is 1.80. The second-order valence-electron chi connectivity index (χ2n) is 6.72. The van der Waals surface area contributed by atoms with E-state index < -0.39 is 0 Å². The highest BCUT2D eigenvalue weighted by molar-refractivity contribution is 6.31. The van der Waals surface area contributed by atoms with Gasteiger partial charge in [-0.1, -0.05) is 62.4 Å². The minimum Gasteiger partial charge on any atom is -0.311 e. The Bertz CT molecular complexity index is 418. The molecule has 0 heterocycles. The van der Waals surface area contributed by atoms with Crippen molar-refractivity contribution in [2.75, 3.05) is 0 Å². The maximum absolute atomic E-state index is 6.26. The number of nitrogens with one attached hydrogen (secondary N) is 1. The van der Waals surface area contributed by atoms with Gasteiger partial charge in [0.15, 0.2) is 0 Å². The molecule has 2 heteroatoms. The number of benzene rings is 1. The SMILES string of the molecule is CCCC1CCCC(NC(C)Cc2ccccc2Cl)CC1. The molecular weight excluding hydrogens is 278 g/mol. The lowest BCUT2D eigenvalue weighted by Crippen LogP contribution is -2.37. The Morgan fingerprint density at radius 2 is 2.00 bits per heavy atom. The lowest BCUT2D eigenvalue weighted by molar-refractivity contribution is 0.388. The molecule has 1 saturated carbocycles. The second-order valence-corrected chi connectivity index (χ2v) is 7.13. The number of halogens is 1. The molecule has 1 aromatic carbocycles. The average Bonchev–Trinajstić information content (AvgIpc) is 2.67. The van der Waals surface area contributed by atoms with Gasteiger partial charge in [-0.15, -0.1) is 0 Å². The van der Waals surface area contributed by atoms with Crippen molar-refractivity contribution in [1.29, 1.82) is 0 Å². The van der Waals surface area contributed by atoms with Crippen LogP contribution in [0.15, 0.2) is 24.3 Å². The van der Waals surface area contributed by atoms with Gasteiger partial charge in [-0.3, -0.25) is 0 Å². The Morgan fingerprint density at radius 1 is 1.19 bits per heavy atom. The Labute approximate surface area is 135 Å². The standard InChI is InChI=1S/C19H30ClN/c1-3-7-16-8-6-10-18(13-12-16)21-15(2)14-17-9-4-5-11-19(17)20/h4-5,9,11,15-16,18,21H,3,6-8,10,12-14H2,1-2H3. The Kier molecular flexibility index (Phi) is 7.06. The van der Waals surface area contributed by atoms with Crippen LogP contribution in [-0.2, 0) is 6.42 Å². The van der Waals surface area contributed by atoms with Crippen molar-refractivity contribution < 1.29 is 0 Å². The van der Waals surface area contributed by atoms with Gasteiger partial charge in [0.25, 0.3) is 0 Å². The lowest BCUT2D eigenvalue weighted by atomic mass is 9.95. The van der Waals surface area contributed by atoms with Crippen LogP contribution in [0.25, 0.3) is 0 Å². The maximum atomic E-state index is 6.26. The molecule has 1 N–H and O–H groups in total. The van der Waals surface area contributed by atoms with Gasteiger partial charge in [0.05, 0.1) is 0 Å². The molecule has 1 aliphatic rings. The molecule has 0 aromatic heterocycles. The van der Waals surface area contributed by atoms with E-state index in [0.29, 0.717) is 12.1 Å². The predicted molar refractivity (Wildman–Crippen MR) is 93.0 cm³/mol. The van der Waals surface area contributed by atoms with Gasteiger partial charge < -0.3 is 5.32 Å². The molecule has 3 atom stereocenters. The van der Waals surface area contributed by atoms with Crippen molar-refractivity contribution in [3.63, 3.8) is 0 Å². The van der Waals surface area contributed by atoms with Gasteiger partial charge in [-0.2, -0.15) is 0 Å². The Hall–Kier alpha value is -0.530. The van der Waals surface area contributed by atoms with E-state index in [1.54, 1.807) is 0 Å². The highest BCUT2D eigenvalue weighted by Gasteiger charge is 2.19. The summed E-state index contributed by atoms with van der Waals surface area (Å²) in [6, 6.07) is 9.41. The molecular formula is C19H30ClN. The van der Waals surface area contributed by atoms with E-state index in [1.165, 1.54) is 50.5 Å². The summed E-state index contributed by atoms with van der Waals surface area (Å²) in [6.07, 6.45) is 10.7. The molecule has 1 aliphatic carbocycles. The molecule has 2 rings (SSSR count). The number of rotatable bonds is 6. The molecule has 0 radical (unpaired) electrons. The molecule has 1 nitrogen and oxygen atoms in total. The Morgan fingerprint density at radius 3 is 2.76 bits per heavy atom.